The van der Waals surface area contributed by atoms with Gasteiger partial charge < -0.3 is 15.0 Å². The van der Waals surface area contributed by atoms with Gasteiger partial charge in [-0.25, -0.2) is 9.55 Å². The molecule has 0 radical (unpaired) electrons. The van der Waals surface area contributed by atoms with Gasteiger partial charge in [0, 0.05) is 26.4 Å². The monoisotopic (exact) mass is 210 g/mol. The van der Waals surface area contributed by atoms with E-state index in [0.717, 1.165) is 0 Å². The number of imidazole rings is 1. The van der Waals surface area contributed by atoms with E-state index in [9.17, 15) is 10.1 Å². The Morgan fingerprint density at radius 2 is 2.33 bits per heavy atom. The molecule has 0 fully saturated rings. The van der Waals surface area contributed by atoms with Gasteiger partial charge in [-0.15, -0.1) is 0 Å². The maximum absolute atomic E-state index is 10.6. The van der Waals surface area contributed by atoms with Crippen LogP contribution in [0.4, 0.5) is 5.82 Å². The van der Waals surface area contributed by atoms with Crippen molar-refractivity contribution < 1.29 is 4.92 Å². The maximum atomic E-state index is 10.6. The molecule has 1 heterocycles. The summed E-state index contributed by atoms with van der Waals surface area (Å²) in [6.45, 7) is 2.38. The quantitative estimate of drug-likeness (QED) is 0.555. The fourth-order valence-electron chi connectivity index (χ4n) is 1.20. The van der Waals surface area contributed by atoms with Crippen LogP contribution in [0.2, 0.25) is 0 Å². The van der Waals surface area contributed by atoms with Gasteiger partial charge in [-0.1, -0.05) is 0 Å². The van der Waals surface area contributed by atoms with Gasteiger partial charge in [0.25, 0.3) is 0 Å². The van der Waals surface area contributed by atoms with Crippen LogP contribution in [0.5, 0.6) is 0 Å². The van der Waals surface area contributed by atoms with Crippen LogP contribution in [0.15, 0.2) is 12.4 Å². The fraction of sp³-hybridized carbons (Fsp3) is 0.444. The van der Waals surface area contributed by atoms with Gasteiger partial charge in [0.1, 0.15) is 6.20 Å². The summed E-state index contributed by atoms with van der Waals surface area (Å²) in [6, 6.07) is 0. The smallest absolute Gasteiger partial charge is 0.343 e. The predicted octanol–water partition coefficient (Wildman–Crippen LogP) is 1.34. The first-order valence-corrected chi connectivity index (χ1v) is 4.60. The molecule has 1 rings (SSSR count). The first kappa shape index (κ1) is 11.2. The van der Waals surface area contributed by atoms with Crippen molar-refractivity contribution in [1.82, 2.24) is 14.5 Å². The highest BCUT2D eigenvalue weighted by Gasteiger charge is 2.16. The SMILES string of the molecule is CCn1c([N+](=O)[O-])cnc1/C=C/N(C)C. The molecule has 0 spiro atoms. The minimum atomic E-state index is -0.427. The molecular weight excluding hydrogens is 196 g/mol. The molecule has 6 heteroatoms. The van der Waals surface area contributed by atoms with E-state index in [2.05, 4.69) is 4.98 Å². The van der Waals surface area contributed by atoms with Crippen molar-refractivity contribution in [3.8, 4) is 0 Å². The average Bonchev–Trinajstić information content (AvgIpc) is 2.57. The molecule has 0 aromatic carbocycles. The number of rotatable bonds is 4. The molecule has 0 saturated heterocycles. The highest BCUT2D eigenvalue weighted by Crippen LogP contribution is 2.14. The van der Waals surface area contributed by atoms with Gasteiger partial charge in [-0.2, -0.15) is 0 Å². The van der Waals surface area contributed by atoms with E-state index < -0.39 is 4.92 Å². The van der Waals surface area contributed by atoms with E-state index in [0.29, 0.717) is 12.4 Å². The molecule has 0 saturated carbocycles. The second-order valence-electron chi connectivity index (χ2n) is 3.26. The molecule has 0 unspecified atom stereocenters. The van der Waals surface area contributed by atoms with E-state index in [1.165, 1.54) is 6.20 Å². The summed E-state index contributed by atoms with van der Waals surface area (Å²) < 4.78 is 1.56. The Balaban J connectivity index is 3.04. The predicted molar refractivity (Wildman–Crippen MR) is 57.3 cm³/mol. The van der Waals surface area contributed by atoms with E-state index in [4.69, 9.17) is 0 Å². The fourth-order valence-corrected chi connectivity index (χ4v) is 1.20. The Bertz CT molecular complexity index is 381. The third kappa shape index (κ3) is 2.55. The maximum Gasteiger partial charge on any atom is 0.343 e. The topological polar surface area (TPSA) is 64.2 Å². The first-order chi connectivity index (χ1) is 7.06. The number of aromatic nitrogens is 2. The van der Waals surface area contributed by atoms with Crippen molar-refractivity contribution in [2.45, 2.75) is 13.5 Å². The van der Waals surface area contributed by atoms with Crippen LogP contribution in [-0.2, 0) is 6.54 Å². The van der Waals surface area contributed by atoms with E-state index in [-0.39, 0.29) is 5.82 Å². The summed E-state index contributed by atoms with van der Waals surface area (Å²) >= 11 is 0. The molecule has 0 aliphatic heterocycles. The zero-order chi connectivity index (χ0) is 11.4. The summed E-state index contributed by atoms with van der Waals surface area (Å²) in [5, 5.41) is 10.6. The summed E-state index contributed by atoms with van der Waals surface area (Å²) in [7, 11) is 3.76. The molecule has 0 amide bonds. The third-order valence-corrected chi connectivity index (χ3v) is 1.89. The lowest BCUT2D eigenvalue weighted by atomic mass is 10.5. The molecule has 0 N–H and O–H groups in total. The molecule has 1 aromatic rings. The standard InChI is InChI=1S/C9H14N4O2/c1-4-12-8(5-6-11(2)3)10-7-9(12)13(14)15/h5-7H,4H2,1-3H3/b6-5+. The molecule has 82 valence electrons. The van der Waals surface area contributed by atoms with Crippen molar-refractivity contribution in [3.05, 3.63) is 28.3 Å². The number of hydrogen-bond acceptors (Lipinski definition) is 4. The summed E-state index contributed by atoms with van der Waals surface area (Å²) in [5.41, 5.74) is 0. The Labute approximate surface area is 88.0 Å². The normalized spacial score (nSPS) is 10.9. The molecule has 6 nitrogen and oxygen atoms in total. The van der Waals surface area contributed by atoms with Crippen LogP contribution in [0.1, 0.15) is 12.7 Å². The Hall–Kier alpha value is -1.85. The van der Waals surface area contributed by atoms with Crippen molar-refractivity contribution >= 4 is 11.9 Å². The first-order valence-electron chi connectivity index (χ1n) is 4.60. The largest absolute Gasteiger partial charge is 0.383 e. The van der Waals surface area contributed by atoms with Crippen molar-refractivity contribution in [3.63, 3.8) is 0 Å². The second kappa shape index (κ2) is 4.59. The zero-order valence-electron chi connectivity index (χ0n) is 9.04. The van der Waals surface area contributed by atoms with Crippen LogP contribution in [0, 0.1) is 10.1 Å². The summed E-state index contributed by atoms with van der Waals surface area (Å²) in [5.74, 6) is 0.619. The third-order valence-electron chi connectivity index (χ3n) is 1.89. The molecule has 0 aliphatic carbocycles. The van der Waals surface area contributed by atoms with Gasteiger partial charge in [-0.05, 0) is 11.8 Å². The zero-order valence-corrected chi connectivity index (χ0v) is 9.04. The molecule has 0 bridgehead atoms. The Morgan fingerprint density at radius 3 is 2.80 bits per heavy atom. The van der Waals surface area contributed by atoms with E-state index in [1.807, 2.05) is 25.9 Å². The highest BCUT2D eigenvalue weighted by atomic mass is 16.6. The molecule has 0 aliphatic rings. The summed E-state index contributed by atoms with van der Waals surface area (Å²) in [4.78, 5) is 16.1. The van der Waals surface area contributed by atoms with Gasteiger partial charge in [0.05, 0.1) is 6.54 Å². The number of hydrogen-bond donors (Lipinski definition) is 0. The molecular formula is C9H14N4O2. The second-order valence-corrected chi connectivity index (χ2v) is 3.26. The van der Waals surface area contributed by atoms with Crippen LogP contribution in [0.3, 0.4) is 0 Å². The highest BCUT2D eigenvalue weighted by molar-refractivity contribution is 5.43. The Kier molecular flexibility index (Phi) is 3.43. The Morgan fingerprint density at radius 1 is 1.67 bits per heavy atom. The van der Waals surface area contributed by atoms with Crippen LogP contribution >= 0.6 is 0 Å². The van der Waals surface area contributed by atoms with Gasteiger partial charge in [0.2, 0.25) is 5.82 Å². The molecule has 0 atom stereocenters. The lowest BCUT2D eigenvalue weighted by Gasteiger charge is -2.02. The van der Waals surface area contributed by atoms with Gasteiger partial charge in [-0.3, -0.25) is 0 Å². The molecule has 15 heavy (non-hydrogen) atoms. The summed E-state index contributed by atoms with van der Waals surface area (Å²) in [6.07, 6.45) is 4.83. The minimum Gasteiger partial charge on any atom is -0.383 e. The van der Waals surface area contributed by atoms with Crippen LogP contribution < -0.4 is 0 Å². The van der Waals surface area contributed by atoms with Crippen LogP contribution in [-0.4, -0.2) is 33.5 Å². The van der Waals surface area contributed by atoms with Crippen LogP contribution in [0.25, 0.3) is 6.08 Å². The number of nitrogens with zero attached hydrogens (tertiary/aromatic N) is 4. The van der Waals surface area contributed by atoms with Gasteiger partial charge in [0.15, 0.2) is 0 Å². The van der Waals surface area contributed by atoms with Crippen molar-refractivity contribution in [2.24, 2.45) is 0 Å². The van der Waals surface area contributed by atoms with Crippen molar-refractivity contribution in [1.29, 1.82) is 0 Å². The lowest BCUT2D eigenvalue weighted by Crippen LogP contribution is -2.04. The van der Waals surface area contributed by atoms with E-state index >= 15 is 0 Å². The minimum absolute atomic E-state index is 0.0240. The molecule has 1 aromatic heterocycles. The number of nitro groups is 1. The van der Waals surface area contributed by atoms with E-state index in [1.54, 1.807) is 16.8 Å². The van der Waals surface area contributed by atoms with Gasteiger partial charge >= 0.3 is 5.82 Å². The lowest BCUT2D eigenvalue weighted by molar-refractivity contribution is -0.392. The average molecular weight is 210 g/mol. The van der Waals surface area contributed by atoms with Crippen molar-refractivity contribution in [2.75, 3.05) is 14.1 Å².